The molecule has 0 saturated heterocycles. The summed E-state index contributed by atoms with van der Waals surface area (Å²) in [6.07, 6.45) is 1.27. The lowest BCUT2D eigenvalue weighted by atomic mass is 10.0. The monoisotopic (exact) mass is 354 g/mol. The Morgan fingerprint density at radius 2 is 1.88 bits per heavy atom. The van der Waals surface area contributed by atoms with Crippen molar-refractivity contribution >= 4 is 11.6 Å². The van der Waals surface area contributed by atoms with Gasteiger partial charge in [0, 0.05) is 30.3 Å². The number of benzene rings is 1. The van der Waals surface area contributed by atoms with Crippen molar-refractivity contribution in [1.29, 1.82) is 0 Å². The predicted octanol–water partition coefficient (Wildman–Crippen LogP) is 4.26. The van der Waals surface area contributed by atoms with Crippen molar-refractivity contribution in [3.63, 3.8) is 0 Å². The first kappa shape index (κ1) is 16.3. The summed E-state index contributed by atoms with van der Waals surface area (Å²) < 4.78 is 47.7. The van der Waals surface area contributed by atoms with E-state index in [0.717, 1.165) is 4.57 Å². The maximum absolute atomic E-state index is 14.3. The number of nitrogens with zero attached hydrogens (tertiary/aromatic N) is 2. The van der Waals surface area contributed by atoms with E-state index in [1.54, 1.807) is 6.92 Å². The Balaban J connectivity index is 2.47. The summed E-state index contributed by atoms with van der Waals surface area (Å²) in [5.74, 6) is -3.33. The van der Waals surface area contributed by atoms with Gasteiger partial charge in [-0.05, 0) is 13.0 Å². The highest BCUT2D eigenvalue weighted by atomic mass is 35.5. The number of aromatic nitrogens is 2. The Labute approximate surface area is 139 Å². The smallest absolute Gasteiger partial charge is 0.269 e. The van der Waals surface area contributed by atoms with Crippen LogP contribution in [-0.2, 0) is 6.54 Å². The van der Waals surface area contributed by atoms with Crippen molar-refractivity contribution < 1.29 is 17.7 Å². The summed E-state index contributed by atoms with van der Waals surface area (Å²) in [4.78, 5) is 12.3. The molecule has 4 nitrogen and oxygen atoms in total. The minimum absolute atomic E-state index is 0.0872. The van der Waals surface area contributed by atoms with E-state index in [1.165, 1.54) is 18.4 Å². The largest absolute Gasteiger partial charge is 0.364 e. The lowest BCUT2D eigenvalue weighted by Gasteiger charge is -2.17. The molecule has 0 spiro atoms. The first-order chi connectivity index (χ1) is 11.4. The fourth-order valence-electron chi connectivity index (χ4n) is 2.52. The molecule has 0 radical (unpaired) electrons. The maximum Gasteiger partial charge on any atom is 0.269 e. The molecule has 0 amide bonds. The van der Waals surface area contributed by atoms with E-state index < -0.39 is 28.6 Å². The van der Waals surface area contributed by atoms with Crippen LogP contribution in [0.1, 0.15) is 6.92 Å². The summed E-state index contributed by atoms with van der Waals surface area (Å²) in [7, 11) is 0. The zero-order valence-corrected chi connectivity index (χ0v) is 13.1. The molecule has 24 heavy (non-hydrogen) atoms. The topological polar surface area (TPSA) is 48.0 Å². The van der Waals surface area contributed by atoms with Gasteiger partial charge in [-0.15, -0.1) is 0 Å². The van der Waals surface area contributed by atoms with E-state index in [0.29, 0.717) is 12.1 Å². The Morgan fingerprint density at radius 1 is 1.21 bits per heavy atom. The van der Waals surface area contributed by atoms with E-state index in [-0.39, 0.29) is 28.5 Å². The van der Waals surface area contributed by atoms with E-state index >= 15 is 0 Å². The lowest BCUT2D eigenvalue weighted by molar-refractivity contribution is 0.422. The molecule has 0 aliphatic heterocycles. The minimum atomic E-state index is -1.14. The Kier molecular flexibility index (Phi) is 4.19. The molecule has 0 bridgehead atoms. The third-order valence-corrected chi connectivity index (χ3v) is 3.79. The van der Waals surface area contributed by atoms with Crippen molar-refractivity contribution in [1.82, 2.24) is 9.72 Å². The van der Waals surface area contributed by atoms with Crippen LogP contribution in [0.5, 0.6) is 0 Å². The predicted molar refractivity (Wildman–Crippen MR) is 82.2 cm³/mol. The van der Waals surface area contributed by atoms with Gasteiger partial charge in [-0.1, -0.05) is 16.8 Å². The molecule has 0 aliphatic carbocycles. The fourth-order valence-corrected chi connectivity index (χ4v) is 2.73. The Morgan fingerprint density at radius 3 is 2.42 bits per heavy atom. The molecule has 0 fully saturated rings. The second kappa shape index (κ2) is 6.16. The average molecular weight is 355 g/mol. The van der Waals surface area contributed by atoms with Gasteiger partial charge in [0.25, 0.3) is 5.56 Å². The molecular weight excluding hydrogens is 345 g/mol. The highest BCUT2D eigenvalue weighted by Gasteiger charge is 2.24. The molecule has 124 valence electrons. The van der Waals surface area contributed by atoms with E-state index in [9.17, 15) is 18.0 Å². The van der Waals surface area contributed by atoms with Gasteiger partial charge >= 0.3 is 0 Å². The third-order valence-electron chi connectivity index (χ3n) is 3.52. The SMILES string of the molecule is CCn1c(-c2c(F)cc(F)cc2F)c(-c2ccon2)cc(Cl)c1=O. The number of hydrogen-bond donors (Lipinski definition) is 0. The minimum Gasteiger partial charge on any atom is -0.364 e. The van der Waals surface area contributed by atoms with Gasteiger partial charge < -0.3 is 9.09 Å². The van der Waals surface area contributed by atoms with Crippen LogP contribution in [0.3, 0.4) is 0 Å². The van der Waals surface area contributed by atoms with Crippen LogP contribution in [0.4, 0.5) is 13.2 Å². The summed E-state index contributed by atoms with van der Waals surface area (Å²) in [6.45, 7) is 1.71. The zero-order chi connectivity index (χ0) is 17.4. The van der Waals surface area contributed by atoms with Gasteiger partial charge in [0.2, 0.25) is 0 Å². The molecule has 2 heterocycles. The fraction of sp³-hybridized carbons (Fsp3) is 0.125. The Hall–Kier alpha value is -2.54. The summed E-state index contributed by atoms with van der Waals surface area (Å²) in [6, 6.07) is 3.80. The number of hydrogen-bond acceptors (Lipinski definition) is 3. The van der Waals surface area contributed by atoms with Crippen LogP contribution in [0, 0.1) is 17.5 Å². The summed E-state index contributed by atoms with van der Waals surface area (Å²) >= 11 is 5.94. The van der Waals surface area contributed by atoms with Crippen LogP contribution in [0.2, 0.25) is 5.02 Å². The van der Waals surface area contributed by atoms with Crippen molar-refractivity contribution in [2.24, 2.45) is 0 Å². The molecule has 1 aromatic carbocycles. The van der Waals surface area contributed by atoms with E-state index in [1.807, 2.05) is 0 Å². The van der Waals surface area contributed by atoms with E-state index in [4.69, 9.17) is 16.1 Å². The summed E-state index contributed by atoms with van der Waals surface area (Å²) in [5, 5.41) is 3.59. The third kappa shape index (κ3) is 2.60. The molecule has 3 aromatic rings. The van der Waals surface area contributed by atoms with Crippen molar-refractivity contribution in [2.45, 2.75) is 13.5 Å². The molecule has 8 heteroatoms. The Bertz CT molecular complexity index is 945. The highest BCUT2D eigenvalue weighted by molar-refractivity contribution is 6.30. The van der Waals surface area contributed by atoms with Crippen molar-refractivity contribution in [3.8, 4) is 22.5 Å². The second-order valence-corrected chi connectivity index (χ2v) is 5.34. The van der Waals surface area contributed by atoms with Gasteiger partial charge in [0.1, 0.15) is 34.4 Å². The molecule has 0 saturated carbocycles. The van der Waals surface area contributed by atoms with Crippen molar-refractivity contribution in [2.75, 3.05) is 0 Å². The van der Waals surface area contributed by atoms with Gasteiger partial charge in [0.05, 0.1) is 11.3 Å². The standard InChI is InChI=1S/C16H10ClF3N2O2/c1-2-22-15(14-11(19)5-8(18)6-12(14)20)9(7-10(17)16(22)23)13-3-4-24-21-13/h3-7H,2H2,1H3. The number of pyridine rings is 1. The van der Waals surface area contributed by atoms with E-state index in [2.05, 4.69) is 5.16 Å². The molecule has 0 atom stereocenters. The van der Waals surface area contributed by atoms with Crippen LogP contribution in [0.25, 0.3) is 22.5 Å². The quantitative estimate of drug-likeness (QED) is 0.706. The summed E-state index contributed by atoms with van der Waals surface area (Å²) in [5.41, 5.74) is -0.817. The lowest BCUT2D eigenvalue weighted by Crippen LogP contribution is -2.23. The van der Waals surface area contributed by atoms with Crippen LogP contribution in [-0.4, -0.2) is 9.72 Å². The molecular formula is C16H10ClF3N2O2. The number of rotatable bonds is 3. The van der Waals surface area contributed by atoms with Gasteiger partial charge in [-0.3, -0.25) is 4.79 Å². The first-order valence-corrected chi connectivity index (χ1v) is 7.30. The zero-order valence-electron chi connectivity index (χ0n) is 12.3. The molecule has 0 unspecified atom stereocenters. The van der Waals surface area contributed by atoms with Gasteiger partial charge in [-0.2, -0.15) is 0 Å². The normalized spacial score (nSPS) is 11.0. The van der Waals surface area contributed by atoms with Crippen LogP contribution >= 0.6 is 11.6 Å². The second-order valence-electron chi connectivity index (χ2n) is 4.93. The van der Waals surface area contributed by atoms with Crippen molar-refractivity contribution in [3.05, 3.63) is 63.4 Å². The maximum atomic E-state index is 14.3. The highest BCUT2D eigenvalue weighted by Crippen LogP contribution is 2.35. The van der Waals surface area contributed by atoms with Gasteiger partial charge in [0.15, 0.2) is 0 Å². The van der Waals surface area contributed by atoms with Gasteiger partial charge in [-0.25, -0.2) is 13.2 Å². The first-order valence-electron chi connectivity index (χ1n) is 6.93. The van der Waals surface area contributed by atoms with Crippen LogP contribution in [0.15, 0.2) is 39.8 Å². The average Bonchev–Trinajstić information content (AvgIpc) is 3.04. The molecule has 3 rings (SSSR count). The van der Waals surface area contributed by atoms with Crippen LogP contribution < -0.4 is 5.56 Å². The molecule has 0 N–H and O–H groups in total. The molecule has 0 aliphatic rings. The molecule has 2 aromatic heterocycles. The number of halogens is 4.